The summed E-state index contributed by atoms with van der Waals surface area (Å²) in [6, 6.07) is 4.41. The zero-order valence-electron chi connectivity index (χ0n) is 9.54. The zero-order chi connectivity index (χ0) is 13.1. The maximum absolute atomic E-state index is 12.3. The maximum Gasteiger partial charge on any atom is 0.416 e. The molecule has 1 aromatic carbocycles. The van der Waals surface area contributed by atoms with Crippen molar-refractivity contribution in [2.75, 3.05) is 0 Å². The van der Waals surface area contributed by atoms with E-state index in [0.29, 0.717) is 5.75 Å². The van der Waals surface area contributed by atoms with Gasteiger partial charge in [-0.1, -0.05) is 0 Å². The molecule has 0 spiro atoms. The topological polar surface area (TPSA) is 26.3 Å². The second-order valence-electron chi connectivity index (χ2n) is 3.86. The molecule has 0 N–H and O–H groups in total. The van der Waals surface area contributed by atoms with Gasteiger partial charge in [-0.2, -0.15) is 13.2 Å². The van der Waals surface area contributed by atoms with E-state index in [9.17, 15) is 18.0 Å². The molecule has 0 heterocycles. The molecule has 0 amide bonds. The number of hydrogen-bond acceptors (Lipinski definition) is 2. The van der Waals surface area contributed by atoms with Crippen molar-refractivity contribution in [3.63, 3.8) is 0 Å². The van der Waals surface area contributed by atoms with Crippen LogP contribution in [0.4, 0.5) is 13.2 Å². The third kappa shape index (κ3) is 4.46. The Morgan fingerprint density at radius 2 is 1.82 bits per heavy atom. The molecule has 0 aliphatic rings. The van der Waals surface area contributed by atoms with Gasteiger partial charge < -0.3 is 4.74 Å². The van der Waals surface area contributed by atoms with Crippen molar-refractivity contribution in [1.82, 2.24) is 0 Å². The first-order valence-electron chi connectivity index (χ1n) is 5.12. The van der Waals surface area contributed by atoms with Gasteiger partial charge in [-0.05, 0) is 38.1 Å². The van der Waals surface area contributed by atoms with Crippen molar-refractivity contribution in [1.29, 1.82) is 0 Å². The van der Waals surface area contributed by atoms with Crippen LogP contribution in [0.3, 0.4) is 0 Å². The van der Waals surface area contributed by atoms with Crippen LogP contribution in [-0.2, 0) is 11.0 Å². The minimum absolute atomic E-state index is 0.0237. The number of Topliss-reactive ketones (excluding diaryl/α,β-unsaturated/α-hetero) is 1. The highest BCUT2D eigenvalue weighted by molar-refractivity contribution is 5.75. The number of hydrogen-bond donors (Lipinski definition) is 0. The Kier molecular flexibility index (Phi) is 4.15. The molecule has 1 aromatic rings. The molecule has 0 bridgehead atoms. The number of ketones is 1. The van der Waals surface area contributed by atoms with Gasteiger partial charge in [0.05, 0.1) is 5.56 Å². The van der Waals surface area contributed by atoms with E-state index >= 15 is 0 Å². The van der Waals surface area contributed by atoms with Crippen molar-refractivity contribution in [2.24, 2.45) is 0 Å². The number of carbonyl (C=O) groups is 1. The van der Waals surface area contributed by atoms with Crippen molar-refractivity contribution >= 4 is 5.78 Å². The highest BCUT2D eigenvalue weighted by atomic mass is 19.4. The van der Waals surface area contributed by atoms with Gasteiger partial charge in [0.2, 0.25) is 0 Å². The van der Waals surface area contributed by atoms with Crippen LogP contribution in [0, 0.1) is 0 Å². The minimum Gasteiger partial charge on any atom is -0.490 e. The Morgan fingerprint density at radius 1 is 1.29 bits per heavy atom. The molecule has 0 fully saturated rings. The first-order valence-corrected chi connectivity index (χ1v) is 5.12. The van der Waals surface area contributed by atoms with E-state index in [-0.39, 0.29) is 18.3 Å². The summed E-state index contributed by atoms with van der Waals surface area (Å²) >= 11 is 0. The predicted molar refractivity (Wildman–Crippen MR) is 56.8 cm³/mol. The van der Waals surface area contributed by atoms with Gasteiger partial charge in [-0.15, -0.1) is 0 Å². The van der Waals surface area contributed by atoms with E-state index in [1.807, 2.05) is 0 Å². The van der Waals surface area contributed by atoms with Crippen molar-refractivity contribution in [3.8, 4) is 5.75 Å². The van der Waals surface area contributed by atoms with Crippen LogP contribution in [0.5, 0.6) is 5.75 Å². The second-order valence-corrected chi connectivity index (χ2v) is 3.86. The molecule has 1 atom stereocenters. The average molecular weight is 246 g/mol. The number of ether oxygens (including phenoxy) is 1. The van der Waals surface area contributed by atoms with Gasteiger partial charge in [0.1, 0.15) is 17.6 Å². The monoisotopic (exact) mass is 246 g/mol. The molecule has 0 aliphatic carbocycles. The van der Waals surface area contributed by atoms with Crippen LogP contribution in [0.1, 0.15) is 25.8 Å². The fourth-order valence-electron chi connectivity index (χ4n) is 1.40. The SMILES string of the molecule is CC(=O)CC(C)Oc1ccc(C(F)(F)F)cc1. The third-order valence-corrected chi connectivity index (χ3v) is 2.09. The Balaban J connectivity index is 2.66. The number of rotatable bonds is 4. The molecule has 2 nitrogen and oxygen atoms in total. The fourth-order valence-corrected chi connectivity index (χ4v) is 1.40. The van der Waals surface area contributed by atoms with E-state index in [0.717, 1.165) is 12.1 Å². The van der Waals surface area contributed by atoms with Crippen LogP contribution >= 0.6 is 0 Å². The molecule has 94 valence electrons. The third-order valence-electron chi connectivity index (χ3n) is 2.09. The lowest BCUT2D eigenvalue weighted by molar-refractivity contribution is -0.137. The number of alkyl halides is 3. The lowest BCUT2D eigenvalue weighted by Crippen LogP contribution is -2.15. The summed E-state index contributed by atoms with van der Waals surface area (Å²) < 4.78 is 42.1. The van der Waals surface area contributed by atoms with Crippen molar-refractivity contribution in [2.45, 2.75) is 32.5 Å². The molecule has 17 heavy (non-hydrogen) atoms. The molecule has 0 saturated carbocycles. The molecule has 0 radical (unpaired) electrons. The molecule has 5 heteroatoms. The highest BCUT2D eigenvalue weighted by Crippen LogP contribution is 2.30. The molecule has 0 saturated heterocycles. The lowest BCUT2D eigenvalue weighted by atomic mass is 10.2. The summed E-state index contributed by atoms with van der Waals surface area (Å²) in [6.45, 7) is 3.13. The zero-order valence-corrected chi connectivity index (χ0v) is 9.54. The highest BCUT2D eigenvalue weighted by Gasteiger charge is 2.30. The summed E-state index contributed by atoms with van der Waals surface area (Å²) in [7, 11) is 0. The van der Waals surface area contributed by atoms with E-state index < -0.39 is 11.7 Å². The molecule has 0 aliphatic heterocycles. The Morgan fingerprint density at radius 3 is 2.24 bits per heavy atom. The van der Waals surface area contributed by atoms with Crippen LogP contribution in [0.2, 0.25) is 0 Å². The first-order chi connectivity index (χ1) is 7.79. The van der Waals surface area contributed by atoms with E-state index in [1.165, 1.54) is 19.1 Å². The number of benzene rings is 1. The molecular weight excluding hydrogens is 233 g/mol. The average Bonchev–Trinajstić information content (AvgIpc) is 2.15. The van der Waals surface area contributed by atoms with Crippen LogP contribution < -0.4 is 4.74 Å². The van der Waals surface area contributed by atoms with Gasteiger partial charge in [0, 0.05) is 6.42 Å². The van der Waals surface area contributed by atoms with Crippen molar-refractivity contribution in [3.05, 3.63) is 29.8 Å². The quantitative estimate of drug-likeness (QED) is 0.813. The molecule has 0 aromatic heterocycles. The smallest absolute Gasteiger partial charge is 0.416 e. The van der Waals surface area contributed by atoms with Gasteiger partial charge in [0.25, 0.3) is 0 Å². The van der Waals surface area contributed by atoms with Crippen LogP contribution in [0.25, 0.3) is 0 Å². The molecular formula is C12H13F3O2. The van der Waals surface area contributed by atoms with Crippen LogP contribution in [0.15, 0.2) is 24.3 Å². The number of halogens is 3. The number of carbonyl (C=O) groups excluding carboxylic acids is 1. The maximum atomic E-state index is 12.3. The predicted octanol–water partition coefficient (Wildman–Crippen LogP) is 3.45. The lowest BCUT2D eigenvalue weighted by Gasteiger charge is -2.14. The minimum atomic E-state index is -4.34. The Bertz CT molecular complexity index is 382. The standard InChI is InChI=1S/C12H13F3O2/c1-8(16)7-9(2)17-11-5-3-10(4-6-11)12(13,14)15/h3-6,9H,7H2,1-2H3. The molecule has 1 unspecified atom stereocenters. The first kappa shape index (κ1) is 13.5. The fraction of sp³-hybridized carbons (Fsp3) is 0.417. The van der Waals surface area contributed by atoms with Gasteiger partial charge in [0.15, 0.2) is 0 Å². The summed E-state index contributed by atoms with van der Waals surface area (Å²) in [5, 5.41) is 0. The van der Waals surface area contributed by atoms with Gasteiger partial charge in [-0.25, -0.2) is 0 Å². The Hall–Kier alpha value is -1.52. The summed E-state index contributed by atoms with van der Waals surface area (Å²) in [5.41, 5.74) is -0.718. The van der Waals surface area contributed by atoms with Gasteiger partial charge in [-0.3, -0.25) is 4.79 Å². The summed E-state index contributed by atoms with van der Waals surface area (Å²) in [4.78, 5) is 10.8. The summed E-state index contributed by atoms with van der Waals surface area (Å²) in [5.74, 6) is 0.302. The Labute approximate surface area is 97.4 Å². The van der Waals surface area contributed by atoms with Crippen LogP contribution in [-0.4, -0.2) is 11.9 Å². The normalized spacial score (nSPS) is 13.2. The largest absolute Gasteiger partial charge is 0.490 e. The van der Waals surface area contributed by atoms with E-state index in [1.54, 1.807) is 6.92 Å². The van der Waals surface area contributed by atoms with E-state index in [2.05, 4.69) is 0 Å². The van der Waals surface area contributed by atoms with Crippen molar-refractivity contribution < 1.29 is 22.7 Å². The van der Waals surface area contributed by atoms with E-state index in [4.69, 9.17) is 4.74 Å². The van der Waals surface area contributed by atoms with Gasteiger partial charge >= 0.3 is 6.18 Å². The molecule has 1 rings (SSSR count). The summed E-state index contributed by atoms with van der Waals surface area (Å²) in [6.07, 6.45) is -4.45. The second kappa shape index (κ2) is 5.21.